The van der Waals surface area contributed by atoms with Gasteiger partial charge in [0, 0.05) is 44.9 Å². The van der Waals surface area contributed by atoms with Crippen LogP contribution in [0.3, 0.4) is 0 Å². The minimum Gasteiger partial charge on any atom is -0.345 e. The molecule has 5 rings (SSSR count). The van der Waals surface area contributed by atoms with Gasteiger partial charge in [0.25, 0.3) is 0 Å². The van der Waals surface area contributed by atoms with E-state index < -0.39 is 0 Å². The summed E-state index contributed by atoms with van der Waals surface area (Å²) in [6.07, 6.45) is 4.50. The van der Waals surface area contributed by atoms with Crippen LogP contribution in [0.25, 0.3) is 5.65 Å². The summed E-state index contributed by atoms with van der Waals surface area (Å²) in [5.74, 6) is 1.77. The lowest BCUT2D eigenvalue weighted by molar-refractivity contribution is -0.136. The smallest absolute Gasteiger partial charge is 0.227 e. The third-order valence-corrected chi connectivity index (χ3v) is 6.17. The van der Waals surface area contributed by atoms with E-state index >= 15 is 0 Å². The molecule has 1 unspecified atom stereocenters. The van der Waals surface area contributed by atoms with Crippen molar-refractivity contribution in [1.29, 1.82) is 0 Å². The van der Waals surface area contributed by atoms with Crippen molar-refractivity contribution < 1.29 is 9.59 Å². The van der Waals surface area contributed by atoms with Crippen LogP contribution in [0.5, 0.6) is 0 Å². The lowest BCUT2D eigenvalue weighted by Gasteiger charge is -2.32. The van der Waals surface area contributed by atoms with Crippen molar-refractivity contribution in [2.24, 2.45) is 5.92 Å². The first kappa shape index (κ1) is 16.6. The number of amides is 2. The molecule has 8 nitrogen and oxygen atoms in total. The monoisotopic (exact) mass is 368 g/mol. The highest BCUT2D eigenvalue weighted by Gasteiger charge is 2.36. The van der Waals surface area contributed by atoms with E-state index in [1.807, 2.05) is 15.5 Å². The summed E-state index contributed by atoms with van der Waals surface area (Å²) in [6.45, 7) is 1.95. The fourth-order valence-corrected chi connectivity index (χ4v) is 4.32. The molecule has 3 aliphatic rings. The van der Waals surface area contributed by atoms with Crippen molar-refractivity contribution in [2.45, 2.75) is 43.9 Å². The highest BCUT2D eigenvalue weighted by molar-refractivity contribution is 5.89. The molecule has 0 N–H and O–H groups in total. The van der Waals surface area contributed by atoms with Crippen LogP contribution in [0.15, 0.2) is 12.1 Å². The fourth-order valence-electron chi connectivity index (χ4n) is 4.32. The van der Waals surface area contributed by atoms with Crippen molar-refractivity contribution in [2.75, 3.05) is 26.7 Å². The molecule has 0 aromatic carbocycles. The van der Waals surface area contributed by atoms with Crippen LogP contribution in [0, 0.1) is 5.92 Å². The normalized spacial score (nSPS) is 24.2. The average Bonchev–Trinajstić information content (AvgIpc) is 3.37. The predicted molar refractivity (Wildman–Crippen MR) is 97.1 cm³/mol. The van der Waals surface area contributed by atoms with Crippen molar-refractivity contribution in [3.05, 3.63) is 23.7 Å². The second-order valence-electron chi connectivity index (χ2n) is 8.14. The van der Waals surface area contributed by atoms with Gasteiger partial charge in [-0.2, -0.15) is 9.61 Å². The Balaban J connectivity index is 1.28. The van der Waals surface area contributed by atoms with Gasteiger partial charge in [-0.15, -0.1) is 10.2 Å². The molecular formula is C19H24N6O2. The van der Waals surface area contributed by atoms with E-state index in [4.69, 9.17) is 5.10 Å². The zero-order chi connectivity index (χ0) is 18.5. The Morgan fingerprint density at radius 3 is 2.52 bits per heavy atom. The van der Waals surface area contributed by atoms with Crippen LogP contribution in [-0.4, -0.2) is 68.1 Å². The second-order valence-corrected chi connectivity index (χ2v) is 8.14. The molecule has 0 radical (unpaired) electrons. The Morgan fingerprint density at radius 2 is 1.85 bits per heavy atom. The Hall–Kier alpha value is -2.51. The molecule has 8 heteroatoms. The van der Waals surface area contributed by atoms with Crippen LogP contribution >= 0.6 is 0 Å². The third kappa shape index (κ3) is 2.96. The summed E-state index contributed by atoms with van der Waals surface area (Å²) in [5.41, 5.74) is 1.92. The van der Waals surface area contributed by atoms with Crippen LogP contribution in [0.1, 0.15) is 55.5 Å². The maximum Gasteiger partial charge on any atom is 0.227 e. The van der Waals surface area contributed by atoms with Gasteiger partial charge in [-0.3, -0.25) is 9.59 Å². The summed E-state index contributed by atoms with van der Waals surface area (Å²) in [4.78, 5) is 28.0. The number of nitrogens with zero attached hydrogens (tertiary/aromatic N) is 6. The third-order valence-electron chi connectivity index (χ3n) is 6.17. The summed E-state index contributed by atoms with van der Waals surface area (Å²) in [6, 6.07) is 4.07. The molecule has 2 amide bonds. The Morgan fingerprint density at radius 1 is 1.07 bits per heavy atom. The molecule has 1 aliphatic carbocycles. The molecule has 4 heterocycles. The Kier molecular flexibility index (Phi) is 3.87. The molecule has 0 spiro atoms. The van der Waals surface area contributed by atoms with E-state index in [1.54, 1.807) is 11.9 Å². The molecule has 1 saturated carbocycles. The molecule has 2 saturated heterocycles. The number of fused-ring (bicyclic) bond motifs is 1. The van der Waals surface area contributed by atoms with Gasteiger partial charge < -0.3 is 9.80 Å². The summed E-state index contributed by atoms with van der Waals surface area (Å²) in [7, 11) is 1.77. The van der Waals surface area contributed by atoms with E-state index in [9.17, 15) is 9.59 Å². The van der Waals surface area contributed by atoms with E-state index in [2.05, 4.69) is 16.3 Å². The first-order valence-electron chi connectivity index (χ1n) is 9.85. The van der Waals surface area contributed by atoms with Gasteiger partial charge in [0.1, 0.15) is 0 Å². The lowest BCUT2D eigenvalue weighted by atomic mass is 9.94. The van der Waals surface area contributed by atoms with Crippen LogP contribution < -0.4 is 0 Å². The highest BCUT2D eigenvalue weighted by atomic mass is 16.2. The van der Waals surface area contributed by atoms with Gasteiger partial charge in [-0.05, 0) is 37.8 Å². The molecule has 2 aromatic heterocycles. The van der Waals surface area contributed by atoms with E-state index in [-0.39, 0.29) is 23.7 Å². The molecule has 3 fully saturated rings. The van der Waals surface area contributed by atoms with E-state index in [1.165, 1.54) is 12.8 Å². The van der Waals surface area contributed by atoms with Crippen molar-refractivity contribution >= 4 is 17.5 Å². The zero-order valence-corrected chi connectivity index (χ0v) is 15.5. The van der Waals surface area contributed by atoms with Crippen LogP contribution in [0.4, 0.5) is 0 Å². The maximum absolute atomic E-state index is 12.7. The standard InChI is InChI=1S/C19H24N6O2/c1-23-11-14(10-17(23)26)19(27)24-8-6-13(7-9-24)18-21-20-16-5-4-15(12-2-3-12)22-25(16)18/h4-5,12-14H,2-3,6-11H2,1H3. The van der Waals surface area contributed by atoms with Crippen molar-refractivity contribution in [1.82, 2.24) is 29.6 Å². The SMILES string of the molecule is CN1CC(C(=O)N2CCC(c3nnc4ccc(C5CC5)nn34)CC2)CC1=O. The molecule has 2 aliphatic heterocycles. The largest absolute Gasteiger partial charge is 0.345 e. The van der Waals surface area contributed by atoms with Crippen LogP contribution in [-0.2, 0) is 9.59 Å². The van der Waals surface area contributed by atoms with Gasteiger partial charge in [0.2, 0.25) is 11.8 Å². The average molecular weight is 368 g/mol. The molecule has 0 bridgehead atoms. The summed E-state index contributed by atoms with van der Waals surface area (Å²) < 4.78 is 1.90. The van der Waals surface area contributed by atoms with E-state index in [0.717, 1.165) is 30.0 Å². The number of carbonyl (C=O) groups excluding carboxylic acids is 2. The van der Waals surface area contributed by atoms with Gasteiger partial charge in [-0.1, -0.05) is 0 Å². The second kappa shape index (κ2) is 6.28. The number of hydrogen-bond donors (Lipinski definition) is 0. The Bertz CT molecular complexity index is 897. The molecule has 2 aromatic rings. The van der Waals surface area contributed by atoms with Crippen LogP contribution in [0.2, 0.25) is 0 Å². The topological polar surface area (TPSA) is 83.7 Å². The quantitative estimate of drug-likeness (QED) is 0.812. The van der Waals surface area contributed by atoms with Gasteiger partial charge in [-0.25, -0.2) is 0 Å². The number of piperidine rings is 1. The van der Waals surface area contributed by atoms with Crippen molar-refractivity contribution in [3.63, 3.8) is 0 Å². The lowest BCUT2D eigenvalue weighted by Crippen LogP contribution is -2.42. The first-order valence-corrected chi connectivity index (χ1v) is 9.85. The predicted octanol–water partition coefficient (Wildman–Crippen LogP) is 1.19. The summed E-state index contributed by atoms with van der Waals surface area (Å²) in [5, 5.41) is 13.5. The molecular weight excluding hydrogens is 344 g/mol. The first-order chi connectivity index (χ1) is 13.1. The maximum atomic E-state index is 12.7. The summed E-state index contributed by atoms with van der Waals surface area (Å²) >= 11 is 0. The number of likely N-dealkylation sites (tertiary alicyclic amines) is 2. The molecule has 142 valence electrons. The number of carbonyl (C=O) groups is 2. The van der Waals surface area contributed by atoms with E-state index in [0.29, 0.717) is 32.0 Å². The molecule has 27 heavy (non-hydrogen) atoms. The Labute approximate surface area is 157 Å². The minimum atomic E-state index is -0.185. The number of hydrogen-bond acceptors (Lipinski definition) is 5. The number of aromatic nitrogens is 4. The fraction of sp³-hybridized carbons (Fsp3) is 0.632. The van der Waals surface area contributed by atoms with Gasteiger partial charge in [0.15, 0.2) is 11.5 Å². The van der Waals surface area contributed by atoms with Crippen molar-refractivity contribution in [3.8, 4) is 0 Å². The molecule has 1 atom stereocenters. The minimum absolute atomic E-state index is 0.0655. The zero-order valence-electron chi connectivity index (χ0n) is 15.5. The highest BCUT2D eigenvalue weighted by Crippen LogP contribution is 2.39. The van der Waals surface area contributed by atoms with Gasteiger partial charge >= 0.3 is 0 Å². The van der Waals surface area contributed by atoms with Gasteiger partial charge in [0.05, 0.1) is 11.6 Å². The number of rotatable bonds is 3.